The Kier molecular flexibility index (Phi) is 4.96. The van der Waals surface area contributed by atoms with Gasteiger partial charge in [0.2, 0.25) is 0 Å². The summed E-state index contributed by atoms with van der Waals surface area (Å²) in [5.74, 6) is 1.17. The Labute approximate surface area is 122 Å². The van der Waals surface area contributed by atoms with Crippen molar-refractivity contribution in [3.63, 3.8) is 0 Å². The molecule has 0 bridgehead atoms. The number of anilines is 1. The fourth-order valence-corrected chi connectivity index (χ4v) is 2.77. The first-order chi connectivity index (χ1) is 8.58. The van der Waals surface area contributed by atoms with Crippen LogP contribution in [-0.2, 0) is 4.74 Å². The second kappa shape index (κ2) is 6.29. The molecule has 0 spiro atoms. The summed E-state index contributed by atoms with van der Waals surface area (Å²) < 4.78 is 5.46. The molecular weight excluding hydrogens is 295 g/mol. The van der Waals surface area contributed by atoms with Gasteiger partial charge in [0.25, 0.3) is 0 Å². The minimum Gasteiger partial charge on any atom is -0.381 e. The summed E-state index contributed by atoms with van der Waals surface area (Å²) in [5, 5.41) is 1.17. The molecule has 0 aliphatic carbocycles. The van der Waals surface area contributed by atoms with Crippen LogP contribution in [0.3, 0.4) is 0 Å². The maximum atomic E-state index is 6.14. The minimum absolute atomic E-state index is 0.280. The molecule has 18 heavy (non-hydrogen) atoms. The Morgan fingerprint density at radius 2 is 2.17 bits per heavy atom. The highest BCUT2D eigenvalue weighted by molar-refractivity contribution is 6.42. The number of halogens is 3. The Hall–Kier alpha value is -0.220. The molecule has 1 saturated heterocycles. The molecule has 2 heterocycles. The third-order valence-corrected chi connectivity index (χ3v) is 3.97. The third kappa shape index (κ3) is 3.41. The summed E-state index contributed by atoms with van der Waals surface area (Å²) in [5.41, 5.74) is 0. The summed E-state index contributed by atoms with van der Waals surface area (Å²) >= 11 is 17.9. The van der Waals surface area contributed by atoms with E-state index in [0.717, 1.165) is 26.2 Å². The van der Waals surface area contributed by atoms with E-state index < -0.39 is 0 Å². The van der Waals surface area contributed by atoms with E-state index in [9.17, 15) is 0 Å². The molecule has 2 rings (SSSR count). The Morgan fingerprint density at radius 3 is 2.83 bits per heavy atom. The average molecular weight is 310 g/mol. The Balaban J connectivity index is 2.08. The van der Waals surface area contributed by atoms with Gasteiger partial charge in [-0.15, -0.1) is 0 Å². The minimum atomic E-state index is 0.280. The predicted molar refractivity (Wildman–Crippen MR) is 76.1 cm³/mol. The van der Waals surface area contributed by atoms with Crippen molar-refractivity contribution in [2.45, 2.75) is 12.8 Å². The van der Waals surface area contributed by atoms with Crippen LogP contribution < -0.4 is 4.90 Å². The van der Waals surface area contributed by atoms with Crippen molar-refractivity contribution in [1.82, 2.24) is 4.98 Å². The molecule has 3 nitrogen and oxygen atoms in total. The first kappa shape index (κ1) is 14.2. The van der Waals surface area contributed by atoms with Crippen LogP contribution in [0.5, 0.6) is 0 Å². The van der Waals surface area contributed by atoms with Crippen LogP contribution in [0.15, 0.2) is 6.07 Å². The highest BCUT2D eigenvalue weighted by Crippen LogP contribution is 2.31. The molecule has 0 radical (unpaired) electrons. The van der Waals surface area contributed by atoms with Crippen molar-refractivity contribution < 1.29 is 4.74 Å². The van der Waals surface area contributed by atoms with Crippen molar-refractivity contribution >= 4 is 40.6 Å². The summed E-state index contributed by atoms with van der Waals surface area (Å²) in [6, 6.07) is 1.63. The lowest BCUT2D eigenvalue weighted by Crippen LogP contribution is -2.31. The standard InChI is InChI=1S/C12H15Cl3N2O/c1-17(6-8-3-2-4-18-7-8)12-10(14)5-9(13)11(15)16-12/h5,8H,2-4,6-7H2,1H3. The maximum absolute atomic E-state index is 6.14. The van der Waals surface area contributed by atoms with E-state index in [2.05, 4.69) is 4.98 Å². The lowest BCUT2D eigenvalue weighted by molar-refractivity contribution is 0.0576. The van der Waals surface area contributed by atoms with E-state index in [1.807, 2.05) is 11.9 Å². The highest BCUT2D eigenvalue weighted by Gasteiger charge is 2.19. The molecule has 1 aliphatic rings. The molecule has 1 aromatic rings. The van der Waals surface area contributed by atoms with Crippen LogP contribution in [0.4, 0.5) is 5.82 Å². The second-order valence-electron chi connectivity index (χ2n) is 4.53. The number of hydrogen-bond donors (Lipinski definition) is 0. The SMILES string of the molecule is CN(CC1CCCOC1)c1nc(Cl)c(Cl)cc1Cl. The van der Waals surface area contributed by atoms with Crippen molar-refractivity contribution in [3.05, 3.63) is 21.3 Å². The number of rotatable bonds is 3. The van der Waals surface area contributed by atoms with Gasteiger partial charge in [-0.25, -0.2) is 4.98 Å². The summed E-state index contributed by atoms with van der Waals surface area (Å²) in [7, 11) is 1.95. The lowest BCUT2D eigenvalue weighted by Gasteiger charge is -2.28. The number of pyridine rings is 1. The lowest BCUT2D eigenvalue weighted by atomic mass is 10.0. The van der Waals surface area contributed by atoms with Crippen LogP contribution in [-0.4, -0.2) is 31.8 Å². The molecule has 1 atom stereocenters. The first-order valence-electron chi connectivity index (χ1n) is 5.88. The quantitative estimate of drug-likeness (QED) is 0.792. The summed E-state index contributed by atoms with van der Waals surface area (Å²) in [4.78, 5) is 6.23. The van der Waals surface area contributed by atoms with E-state index in [-0.39, 0.29) is 5.15 Å². The molecule has 6 heteroatoms. The van der Waals surface area contributed by atoms with Crippen LogP contribution >= 0.6 is 34.8 Å². The predicted octanol–water partition coefficient (Wildman–Crippen LogP) is 3.90. The van der Waals surface area contributed by atoms with E-state index in [0.29, 0.717) is 21.8 Å². The monoisotopic (exact) mass is 308 g/mol. The fourth-order valence-electron chi connectivity index (χ4n) is 2.13. The van der Waals surface area contributed by atoms with E-state index in [1.165, 1.54) is 6.42 Å². The molecular formula is C12H15Cl3N2O. The number of hydrogen-bond acceptors (Lipinski definition) is 3. The summed E-state index contributed by atoms with van der Waals surface area (Å²) in [6.07, 6.45) is 2.28. The fraction of sp³-hybridized carbons (Fsp3) is 0.583. The molecule has 100 valence electrons. The Morgan fingerprint density at radius 1 is 1.39 bits per heavy atom. The summed E-state index contributed by atoms with van der Waals surface area (Å²) in [6.45, 7) is 2.51. The van der Waals surface area contributed by atoms with Crippen molar-refractivity contribution in [2.24, 2.45) is 5.92 Å². The van der Waals surface area contributed by atoms with Gasteiger partial charge in [0.1, 0.15) is 11.0 Å². The Bertz CT molecular complexity index is 422. The molecule has 0 saturated carbocycles. The van der Waals surface area contributed by atoms with Gasteiger partial charge < -0.3 is 9.64 Å². The zero-order valence-corrected chi connectivity index (χ0v) is 12.4. The van der Waals surface area contributed by atoms with Crippen LogP contribution in [0.2, 0.25) is 15.2 Å². The van der Waals surface area contributed by atoms with E-state index >= 15 is 0 Å². The average Bonchev–Trinajstić information content (AvgIpc) is 2.35. The second-order valence-corrected chi connectivity index (χ2v) is 5.70. The third-order valence-electron chi connectivity index (χ3n) is 3.02. The van der Waals surface area contributed by atoms with Gasteiger partial charge in [0.15, 0.2) is 0 Å². The van der Waals surface area contributed by atoms with Crippen LogP contribution in [0.25, 0.3) is 0 Å². The molecule has 0 N–H and O–H groups in total. The number of aromatic nitrogens is 1. The van der Waals surface area contributed by atoms with E-state index in [4.69, 9.17) is 39.5 Å². The van der Waals surface area contributed by atoms with Crippen LogP contribution in [0.1, 0.15) is 12.8 Å². The van der Waals surface area contributed by atoms with Crippen molar-refractivity contribution in [3.8, 4) is 0 Å². The van der Waals surface area contributed by atoms with Gasteiger partial charge >= 0.3 is 0 Å². The maximum Gasteiger partial charge on any atom is 0.150 e. The van der Waals surface area contributed by atoms with Gasteiger partial charge in [0, 0.05) is 20.2 Å². The first-order valence-corrected chi connectivity index (χ1v) is 7.01. The molecule has 1 fully saturated rings. The van der Waals surface area contributed by atoms with Gasteiger partial charge in [0.05, 0.1) is 16.7 Å². The molecule has 0 aromatic carbocycles. The van der Waals surface area contributed by atoms with Crippen molar-refractivity contribution in [1.29, 1.82) is 0 Å². The molecule has 0 amide bonds. The zero-order valence-electron chi connectivity index (χ0n) is 10.1. The van der Waals surface area contributed by atoms with Gasteiger partial charge in [-0.1, -0.05) is 34.8 Å². The molecule has 1 aromatic heterocycles. The topological polar surface area (TPSA) is 25.4 Å². The number of ether oxygens (including phenoxy) is 1. The highest BCUT2D eigenvalue weighted by atomic mass is 35.5. The van der Waals surface area contributed by atoms with Crippen LogP contribution in [0, 0.1) is 5.92 Å². The largest absolute Gasteiger partial charge is 0.381 e. The van der Waals surface area contributed by atoms with Crippen molar-refractivity contribution in [2.75, 3.05) is 31.7 Å². The molecule has 1 unspecified atom stereocenters. The van der Waals surface area contributed by atoms with E-state index in [1.54, 1.807) is 6.07 Å². The van der Waals surface area contributed by atoms with Gasteiger partial charge in [-0.2, -0.15) is 0 Å². The molecule has 1 aliphatic heterocycles. The number of nitrogens with zero attached hydrogens (tertiary/aromatic N) is 2. The normalized spacial score (nSPS) is 19.9. The zero-order chi connectivity index (χ0) is 13.1. The van der Waals surface area contributed by atoms with Gasteiger partial charge in [-0.3, -0.25) is 0 Å². The van der Waals surface area contributed by atoms with Gasteiger partial charge in [-0.05, 0) is 24.8 Å². The smallest absolute Gasteiger partial charge is 0.150 e.